The molecule has 2 amide bonds. The van der Waals surface area contributed by atoms with E-state index in [2.05, 4.69) is 10.6 Å². The molecule has 1 aromatic rings. The van der Waals surface area contributed by atoms with E-state index in [0.717, 1.165) is 0 Å². The maximum absolute atomic E-state index is 12.1. The highest BCUT2D eigenvalue weighted by Gasteiger charge is 2.19. The zero-order chi connectivity index (χ0) is 16.0. The van der Waals surface area contributed by atoms with E-state index in [1.165, 1.54) is 13.2 Å². The molecule has 0 unspecified atom stereocenters. The van der Waals surface area contributed by atoms with Gasteiger partial charge in [-0.05, 0) is 12.1 Å². The van der Waals surface area contributed by atoms with Crippen LogP contribution in [0.15, 0.2) is 12.1 Å². The van der Waals surface area contributed by atoms with E-state index in [4.69, 9.17) is 27.9 Å². The smallest absolute Gasteiger partial charge is 0.256 e. The zero-order valence-electron chi connectivity index (χ0n) is 12.1. The molecule has 1 aromatic carbocycles. The molecule has 116 valence electrons. The van der Waals surface area contributed by atoms with Crippen molar-refractivity contribution in [3.63, 3.8) is 0 Å². The number of benzene rings is 1. The molecule has 5 nitrogen and oxygen atoms in total. The Labute approximate surface area is 133 Å². The Morgan fingerprint density at radius 3 is 2.29 bits per heavy atom. The van der Waals surface area contributed by atoms with Crippen molar-refractivity contribution in [2.75, 3.05) is 20.2 Å². The number of methoxy groups -OCH3 is 1. The topological polar surface area (TPSA) is 67.4 Å². The second-order valence-electron chi connectivity index (χ2n) is 4.64. The second kappa shape index (κ2) is 8.10. The Balaban J connectivity index is 2.65. The van der Waals surface area contributed by atoms with Gasteiger partial charge in [-0.2, -0.15) is 0 Å². The quantitative estimate of drug-likeness (QED) is 0.786. The summed E-state index contributed by atoms with van der Waals surface area (Å²) in [5.74, 6) is -0.336. The average Bonchev–Trinajstić information content (AvgIpc) is 2.44. The van der Waals surface area contributed by atoms with Crippen LogP contribution in [0, 0.1) is 5.92 Å². The van der Waals surface area contributed by atoms with Crippen LogP contribution in [0.1, 0.15) is 24.2 Å². The third-order valence-electron chi connectivity index (χ3n) is 2.72. The first-order chi connectivity index (χ1) is 9.88. The number of carbonyl (C=O) groups is 2. The normalized spacial score (nSPS) is 10.4. The van der Waals surface area contributed by atoms with E-state index in [9.17, 15) is 9.59 Å². The number of amides is 2. The summed E-state index contributed by atoms with van der Waals surface area (Å²) in [4.78, 5) is 23.5. The number of halogens is 2. The summed E-state index contributed by atoms with van der Waals surface area (Å²) in [6.45, 7) is 4.21. The molecular formula is C14H18Cl2N2O3. The van der Waals surface area contributed by atoms with Gasteiger partial charge in [-0.3, -0.25) is 9.59 Å². The minimum Gasteiger partial charge on any atom is -0.494 e. The summed E-state index contributed by atoms with van der Waals surface area (Å²) < 4.78 is 5.11. The maximum atomic E-state index is 12.1. The van der Waals surface area contributed by atoms with Gasteiger partial charge < -0.3 is 15.4 Å². The molecule has 0 saturated carbocycles. The van der Waals surface area contributed by atoms with Crippen LogP contribution in [0.25, 0.3) is 0 Å². The Morgan fingerprint density at radius 2 is 1.71 bits per heavy atom. The van der Waals surface area contributed by atoms with E-state index in [0.29, 0.717) is 11.6 Å². The van der Waals surface area contributed by atoms with Gasteiger partial charge in [0.25, 0.3) is 5.91 Å². The van der Waals surface area contributed by atoms with Crippen molar-refractivity contribution >= 4 is 35.0 Å². The van der Waals surface area contributed by atoms with Crippen LogP contribution in [-0.2, 0) is 4.79 Å². The molecule has 0 aliphatic heterocycles. The van der Waals surface area contributed by atoms with E-state index < -0.39 is 5.91 Å². The molecular weight excluding hydrogens is 315 g/mol. The average molecular weight is 333 g/mol. The number of hydrogen-bond donors (Lipinski definition) is 2. The fourth-order valence-corrected chi connectivity index (χ4v) is 2.07. The largest absolute Gasteiger partial charge is 0.494 e. The zero-order valence-corrected chi connectivity index (χ0v) is 13.6. The number of hydrogen-bond acceptors (Lipinski definition) is 3. The van der Waals surface area contributed by atoms with Gasteiger partial charge in [-0.15, -0.1) is 0 Å². The molecule has 0 aliphatic rings. The third-order valence-corrected chi connectivity index (χ3v) is 3.34. The lowest BCUT2D eigenvalue weighted by molar-refractivity contribution is -0.123. The number of ether oxygens (including phenoxy) is 1. The van der Waals surface area contributed by atoms with Crippen LogP contribution in [0.5, 0.6) is 5.75 Å². The van der Waals surface area contributed by atoms with Crippen LogP contribution >= 0.6 is 23.2 Å². The van der Waals surface area contributed by atoms with Crippen molar-refractivity contribution in [3.8, 4) is 5.75 Å². The highest BCUT2D eigenvalue weighted by atomic mass is 35.5. The van der Waals surface area contributed by atoms with Gasteiger partial charge in [0.15, 0.2) is 5.75 Å². The van der Waals surface area contributed by atoms with Crippen molar-refractivity contribution in [1.82, 2.24) is 10.6 Å². The molecule has 1 rings (SSSR count). The molecule has 0 heterocycles. The molecule has 0 fully saturated rings. The summed E-state index contributed by atoms with van der Waals surface area (Å²) in [6, 6.07) is 3.09. The van der Waals surface area contributed by atoms with Crippen LogP contribution < -0.4 is 15.4 Å². The number of nitrogens with one attached hydrogen (secondary N) is 2. The van der Waals surface area contributed by atoms with Crippen molar-refractivity contribution in [2.24, 2.45) is 5.92 Å². The van der Waals surface area contributed by atoms with E-state index in [-0.39, 0.29) is 34.7 Å². The van der Waals surface area contributed by atoms with Gasteiger partial charge in [0.05, 0.1) is 17.2 Å². The lowest BCUT2D eigenvalue weighted by Gasteiger charge is -2.13. The Bertz CT molecular complexity index is 533. The molecule has 0 atom stereocenters. The first kappa shape index (κ1) is 17.6. The molecule has 0 bridgehead atoms. The highest BCUT2D eigenvalue weighted by Crippen LogP contribution is 2.33. The summed E-state index contributed by atoms with van der Waals surface area (Å²) in [5.41, 5.74) is 0.182. The first-order valence-corrected chi connectivity index (χ1v) is 7.22. The standard InChI is InChI=1S/C14H18Cl2N2O3/c1-8(2)13(19)17-6-7-18-14(20)11-9(15)4-5-10(16)12(11)21-3/h4-5,8H,6-7H2,1-3H3,(H,17,19)(H,18,20). The predicted octanol–water partition coefficient (Wildman–Crippen LogP) is 2.50. The molecule has 0 aromatic heterocycles. The summed E-state index contributed by atoms with van der Waals surface area (Å²) in [7, 11) is 1.41. The van der Waals surface area contributed by atoms with Crippen molar-refractivity contribution in [3.05, 3.63) is 27.7 Å². The minimum absolute atomic E-state index is 0.0670. The van der Waals surface area contributed by atoms with Gasteiger partial charge in [0.1, 0.15) is 5.56 Å². The maximum Gasteiger partial charge on any atom is 0.256 e. The van der Waals surface area contributed by atoms with Crippen molar-refractivity contribution in [1.29, 1.82) is 0 Å². The molecule has 7 heteroatoms. The Hall–Kier alpha value is -1.46. The molecule has 2 N–H and O–H groups in total. The van der Waals surface area contributed by atoms with Crippen molar-refractivity contribution in [2.45, 2.75) is 13.8 Å². The monoisotopic (exact) mass is 332 g/mol. The predicted molar refractivity (Wildman–Crippen MR) is 83.2 cm³/mol. The van der Waals surface area contributed by atoms with Crippen LogP contribution in [0.4, 0.5) is 0 Å². The van der Waals surface area contributed by atoms with E-state index >= 15 is 0 Å². The van der Waals surface area contributed by atoms with Crippen LogP contribution in [-0.4, -0.2) is 32.0 Å². The minimum atomic E-state index is -0.404. The number of carbonyl (C=O) groups excluding carboxylic acids is 2. The molecule has 0 aliphatic carbocycles. The SMILES string of the molecule is COc1c(Cl)ccc(Cl)c1C(=O)NCCNC(=O)C(C)C. The molecule has 21 heavy (non-hydrogen) atoms. The highest BCUT2D eigenvalue weighted by molar-refractivity contribution is 6.37. The van der Waals surface area contributed by atoms with Gasteiger partial charge >= 0.3 is 0 Å². The Morgan fingerprint density at radius 1 is 1.14 bits per heavy atom. The molecule has 0 radical (unpaired) electrons. The van der Waals surface area contributed by atoms with Gasteiger partial charge in [0, 0.05) is 19.0 Å². The summed E-state index contributed by atoms with van der Waals surface area (Å²) >= 11 is 12.0. The summed E-state index contributed by atoms with van der Waals surface area (Å²) in [6.07, 6.45) is 0. The fraction of sp³-hybridized carbons (Fsp3) is 0.429. The molecule has 0 spiro atoms. The Kier molecular flexibility index (Phi) is 6.78. The van der Waals surface area contributed by atoms with E-state index in [1.54, 1.807) is 19.9 Å². The number of rotatable bonds is 6. The summed E-state index contributed by atoms with van der Waals surface area (Å²) in [5, 5.41) is 5.91. The lowest BCUT2D eigenvalue weighted by Crippen LogP contribution is -2.36. The van der Waals surface area contributed by atoms with Crippen LogP contribution in [0.2, 0.25) is 10.0 Å². The van der Waals surface area contributed by atoms with Crippen LogP contribution in [0.3, 0.4) is 0 Å². The third kappa shape index (κ3) is 4.79. The second-order valence-corrected chi connectivity index (χ2v) is 5.45. The van der Waals surface area contributed by atoms with Gasteiger partial charge in [-0.1, -0.05) is 37.0 Å². The lowest BCUT2D eigenvalue weighted by atomic mass is 10.2. The fourth-order valence-electron chi connectivity index (χ4n) is 1.60. The van der Waals surface area contributed by atoms with Gasteiger partial charge in [-0.25, -0.2) is 0 Å². The molecule has 0 saturated heterocycles. The van der Waals surface area contributed by atoms with E-state index in [1.807, 2.05) is 0 Å². The first-order valence-electron chi connectivity index (χ1n) is 6.46. The van der Waals surface area contributed by atoms with Crippen molar-refractivity contribution < 1.29 is 14.3 Å². The van der Waals surface area contributed by atoms with Gasteiger partial charge in [0.2, 0.25) is 5.91 Å².